The fourth-order valence-electron chi connectivity index (χ4n) is 1.43. The van der Waals surface area contributed by atoms with Crippen LogP contribution < -0.4 is 5.32 Å². The first-order valence-corrected chi connectivity index (χ1v) is 6.12. The van der Waals surface area contributed by atoms with Gasteiger partial charge in [-0.1, -0.05) is 17.9 Å². The molecule has 102 valence electrons. The van der Waals surface area contributed by atoms with Crippen molar-refractivity contribution in [2.24, 2.45) is 0 Å². The second-order valence-electron chi connectivity index (χ2n) is 4.19. The maximum absolute atomic E-state index is 11.8. The van der Waals surface area contributed by atoms with Crippen LogP contribution in [0.3, 0.4) is 0 Å². The largest absolute Gasteiger partial charge is 0.395 e. The number of ether oxygens (including phenoxy) is 1. The fraction of sp³-hybridized carbons (Fsp3) is 0.400. The van der Waals surface area contributed by atoms with E-state index in [0.717, 1.165) is 11.1 Å². The van der Waals surface area contributed by atoms with E-state index in [-0.39, 0.29) is 12.5 Å². The molecule has 0 radical (unpaired) electrons. The minimum Gasteiger partial charge on any atom is -0.395 e. The minimum atomic E-state index is -0.514. The summed E-state index contributed by atoms with van der Waals surface area (Å²) in [5, 5.41) is 11.5. The molecule has 0 saturated heterocycles. The molecule has 4 heteroatoms. The Morgan fingerprint density at radius 3 is 2.89 bits per heavy atom. The Kier molecular flexibility index (Phi) is 6.07. The van der Waals surface area contributed by atoms with E-state index in [9.17, 15) is 4.79 Å². The summed E-state index contributed by atoms with van der Waals surface area (Å²) >= 11 is 0. The van der Waals surface area contributed by atoms with Gasteiger partial charge in [-0.05, 0) is 31.5 Å². The van der Waals surface area contributed by atoms with Gasteiger partial charge in [-0.3, -0.25) is 4.79 Å². The molecule has 0 aliphatic carbocycles. The number of nitrogens with one attached hydrogen (secondary N) is 1. The summed E-state index contributed by atoms with van der Waals surface area (Å²) in [5.41, 5.74) is 2.46. The van der Waals surface area contributed by atoms with E-state index in [0.29, 0.717) is 12.1 Å². The maximum Gasteiger partial charge on any atom is 0.253 e. The highest BCUT2D eigenvalue weighted by molar-refractivity contribution is 5.95. The summed E-state index contributed by atoms with van der Waals surface area (Å²) in [4.78, 5) is 11.8. The number of hydrogen-bond acceptors (Lipinski definition) is 3. The molecule has 1 aromatic carbocycles. The average Bonchev–Trinajstić information content (AvgIpc) is 2.40. The molecule has 0 fully saturated rings. The molecule has 0 heterocycles. The van der Waals surface area contributed by atoms with E-state index in [2.05, 4.69) is 17.2 Å². The zero-order valence-corrected chi connectivity index (χ0v) is 11.5. The van der Waals surface area contributed by atoms with Crippen LogP contribution in [-0.4, -0.2) is 30.8 Å². The summed E-state index contributed by atoms with van der Waals surface area (Å²) < 4.78 is 4.97. The van der Waals surface area contributed by atoms with E-state index in [1.165, 1.54) is 7.11 Å². The monoisotopic (exact) mass is 261 g/mol. The van der Waals surface area contributed by atoms with E-state index in [1.54, 1.807) is 6.92 Å². The number of rotatable bonds is 4. The molecule has 1 aromatic rings. The predicted octanol–water partition coefficient (Wildman–Crippen LogP) is 1.70. The van der Waals surface area contributed by atoms with E-state index >= 15 is 0 Å². The molecule has 1 unspecified atom stereocenters. The Morgan fingerprint density at radius 2 is 2.26 bits per heavy atom. The van der Waals surface area contributed by atoms with Crippen LogP contribution in [0.2, 0.25) is 0 Å². The topological polar surface area (TPSA) is 58.6 Å². The maximum atomic E-state index is 11.8. The lowest BCUT2D eigenvalue weighted by Gasteiger charge is -2.12. The molecule has 0 aliphatic rings. The number of carbonyl (C=O) groups excluding carboxylic acids is 1. The van der Waals surface area contributed by atoms with Crippen LogP contribution >= 0.6 is 0 Å². The number of carbonyl (C=O) groups is 1. The third-order valence-corrected chi connectivity index (χ3v) is 2.62. The summed E-state index contributed by atoms with van der Waals surface area (Å²) in [7, 11) is 1.49. The van der Waals surface area contributed by atoms with Crippen molar-refractivity contribution in [3.63, 3.8) is 0 Å². The Balaban J connectivity index is 2.94. The lowest BCUT2D eigenvalue weighted by molar-refractivity contribution is -0.124. The van der Waals surface area contributed by atoms with Gasteiger partial charge in [0.2, 0.25) is 0 Å². The highest BCUT2D eigenvalue weighted by Gasteiger charge is 2.13. The standard InChI is InChI=1S/C15H19NO3/c1-11-7-8-14(16-15(18)12(2)19-3)13(10-11)6-4-5-9-17/h7-8,10,12,17H,5,9H2,1-3H3,(H,16,18). The number of aliphatic hydroxyl groups is 1. The van der Waals surface area contributed by atoms with Crippen molar-refractivity contribution >= 4 is 11.6 Å². The lowest BCUT2D eigenvalue weighted by Crippen LogP contribution is -2.26. The summed E-state index contributed by atoms with van der Waals surface area (Å²) in [6.07, 6.45) is -0.102. The number of benzene rings is 1. The zero-order chi connectivity index (χ0) is 14.3. The Morgan fingerprint density at radius 1 is 1.53 bits per heavy atom. The molecule has 2 N–H and O–H groups in total. The second kappa shape index (κ2) is 7.57. The first-order chi connectivity index (χ1) is 9.08. The molecular weight excluding hydrogens is 242 g/mol. The summed E-state index contributed by atoms with van der Waals surface area (Å²) in [5.74, 6) is 5.59. The van der Waals surface area contributed by atoms with Gasteiger partial charge < -0.3 is 15.2 Å². The van der Waals surface area contributed by atoms with Crippen molar-refractivity contribution in [3.05, 3.63) is 29.3 Å². The third-order valence-electron chi connectivity index (χ3n) is 2.62. The van der Waals surface area contributed by atoms with Crippen LogP contribution in [0.1, 0.15) is 24.5 Å². The molecule has 1 amide bonds. The number of anilines is 1. The fourth-order valence-corrected chi connectivity index (χ4v) is 1.43. The van der Waals surface area contributed by atoms with Crippen molar-refractivity contribution < 1.29 is 14.6 Å². The van der Waals surface area contributed by atoms with Crippen molar-refractivity contribution in [1.82, 2.24) is 0 Å². The van der Waals surface area contributed by atoms with Crippen molar-refractivity contribution in [3.8, 4) is 11.8 Å². The molecule has 0 aromatic heterocycles. The van der Waals surface area contributed by atoms with Crippen molar-refractivity contribution in [2.75, 3.05) is 19.0 Å². The zero-order valence-electron chi connectivity index (χ0n) is 11.5. The van der Waals surface area contributed by atoms with Gasteiger partial charge >= 0.3 is 0 Å². The van der Waals surface area contributed by atoms with Gasteiger partial charge in [0.15, 0.2) is 0 Å². The van der Waals surface area contributed by atoms with Crippen molar-refractivity contribution in [2.45, 2.75) is 26.4 Å². The van der Waals surface area contributed by atoms with Gasteiger partial charge in [0.25, 0.3) is 5.91 Å². The highest BCUT2D eigenvalue weighted by Crippen LogP contribution is 2.17. The number of amides is 1. The summed E-state index contributed by atoms with van der Waals surface area (Å²) in [6, 6.07) is 5.63. The van der Waals surface area contributed by atoms with Gasteiger partial charge in [-0.25, -0.2) is 0 Å². The first kappa shape index (κ1) is 15.2. The van der Waals surface area contributed by atoms with Gasteiger partial charge in [-0.2, -0.15) is 0 Å². The molecule has 0 bridgehead atoms. The first-order valence-electron chi connectivity index (χ1n) is 6.12. The van der Waals surface area contributed by atoms with Gasteiger partial charge in [0.05, 0.1) is 12.3 Å². The molecular formula is C15H19NO3. The van der Waals surface area contributed by atoms with Crippen LogP contribution in [0.15, 0.2) is 18.2 Å². The highest BCUT2D eigenvalue weighted by atomic mass is 16.5. The predicted molar refractivity (Wildman–Crippen MR) is 74.9 cm³/mol. The Bertz CT molecular complexity index is 500. The van der Waals surface area contributed by atoms with Gasteiger partial charge in [-0.15, -0.1) is 0 Å². The SMILES string of the molecule is COC(C)C(=O)Nc1ccc(C)cc1C#CCCO. The van der Waals surface area contributed by atoms with Gasteiger partial charge in [0.1, 0.15) is 6.10 Å². The quantitative estimate of drug-likeness (QED) is 0.811. The molecule has 19 heavy (non-hydrogen) atoms. The van der Waals surface area contributed by atoms with Crippen LogP contribution in [-0.2, 0) is 9.53 Å². The van der Waals surface area contributed by atoms with E-state index < -0.39 is 6.10 Å². The number of methoxy groups -OCH3 is 1. The van der Waals surface area contributed by atoms with Crippen LogP contribution in [0, 0.1) is 18.8 Å². The van der Waals surface area contributed by atoms with Gasteiger partial charge in [0, 0.05) is 19.1 Å². The third kappa shape index (κ3) is 4.74. The second-order valence-corrected chi connectivity index (χ2v) is 4.19. The van der Waals surface area contributed by atoms with Crippen LogP contribution in [0.5, 0.6) is 0 Å². The molecule has 4 nitrogen and oxygen atoms in total. The smallest absolute Gasteiger partial charge is 0.253 e. The Hall–Kier alpha value is -1.83. The van der Waals surface area contributed by atoms with E-state index in [1.807, 2.05) is 25.1 Å². The van der Waals surface area contributed by atoms with Crippen molar-refractivity contribution in [1.29, 1.82) is 0 Å². The van der Waals surface area contributed by atoms with Crippen LogP contribution in [0.25, 0.3) is 0 Å². The number of hydrogen-bond donors (Lipinski definition) is 2. The molecule has 0 saturated carbocycles. The number of aryl methyl sites for hydroxylation is 1. The minimum absolute atomic E-state index is 0.0290. The lowest BCUT2D eigenvalue weighted by atomic mass is 10.1. The molecule has 1 rings (SSSR count). The normalized spacial score (nSPS) is 11.4. The Labute approximate surface area is 113 Å². The number of aliphatic hydroxyl groups excluding tert-OH is 1. The molecule has 1 atom stereocenters. The summed E-state index contributed by atoms with van der Waals surface area (Å²) in [6.45, 7) is 3.67. The molecule has 0 aliphatic heterocycles. The molecule has 0 spiro atoms. The average molecular weight is 261 g/mol. The van der Waals surface area contributed by atoms with E-state index in [4.69, 9.17) is 9.84 Å². The van der Waals surface area contributed by atoms with Crippen LogP contribution in [0.4, 0.5) is 5.69 Å².